The summed E-state index contributed by atoms with van der Waals surface area (Å²) in [5.41, 5.74) is 1.83. The van der Waals surface area contributed by atoms with Crippen LogP contribution in [0.1, 0.15) is 38.0 Å². The van der Waals surface area contributed by atoms with Gasteiger partial charge in [-0.15, -0.1) is 5.11 Å². The van der Waals surface area contributed by atoms with Crippen LogP contribution in [-0.2, 0) is 4.74 Å². The molecule has 0 amide bonds. The highest BCUT2D eigenvalue weighted by Gasteiger charge is 2.67. The molecule has 1 aromatic carbocycles. The summed E-state index contributed by atoms with van der Waals surface area (Å²) in [6, 6.07) is 5.80. The molecule has 1 fully saturated rings. The van der Waals surface area contributed by atoms with E-state index in [4.69, 9.17) is 15.3 Å². The fourth-order valence-electron chi connectivity index (χ4n) is 2.56. The highest BCUT2D eigenvalue weighted by atomic mass is 16.7. The van der Waals surface area contributed by atoms with Gasteiger partial charge < -0.3 is 15.3 Å². The average molecular weight is 259 g/mol. The van der Waals surface area contributed by atoms with Crippen molar-refractivity contribution in [2.45, 2.75) is 38.1 Å². The minimum absolute atomic E-state index is 0.0637. The summed E-state index contributed by atoms with van der Waals surface area (Å²) in [5, 5.41) is 7.01. The summed E-state index contributed by atoms with van der Waals surface area (Å²) in [7, 11) is 0. The summed E-state index contributed by atoms with van der Waals surface area (Å²) in [6.07, 6.45) is 0.0637. The number of hydrogen-bond acceptors (Lipinski definition) is 4. The molecule has 3 rings (SSSR count). The molecule has 2 heterocycles. The molecule has 5 nitrogen and oxygen atoms in total. The van der Waals surface area contributed by atoms with Gasteiger partial charge in [0.15, 0.2) is 0 Å². The lowest BCUT2D eigenvalue weighted by molar-refractivity contribution is 0.0241. The van der Waals surface area contributed by atoms with Crippen molar-refractivity contribution < 1.29 is 9.47 Å². The van der Waals surface area contributed by atoms with E-state index in [1.54, 1.807) is 0 Å². The van der Waals surface area contributed by atoms with E-state index in [-0.39, 0.29) is 17.3 Å². The molecule has 2 N–H and O–H groups in total. The molecule has 1 saturated heterocycles. The molecule has 0 aliphatic carbocycles. The fourth-order valence-corrected chi connectivity index (χ4v) is 2.56. The molecular formula is C14H17N3O2. The van der Waals surface area contributed by atoms with Crippen molar-refractivity contribution in [2.24, 2.45) is 16.2 Å². The van der Waals surface area contributed by atoms with E-state index in [2.05, 4.69) is 23.8 Å². The monoisotopic (exact) mass is 259 g/mol. The van der Waals surface area contributed by atoms with E-state index in [1.165, 1.54) is 0 Å². The Kier molecular flexibility index (Phi) is 2.29. The number of ether oxygens (including phenoxy) is 2. The average Bonchev–Trinajstić information content (AvgIpc) is 3.04. The molecule has 2 atom stereocenters. The summed E-state index contributed by atoms with van der Waals surface area (Å²) in [6.45, 7) is 9.99. The largest absolute Gasteiger partial charge is 0.484 e. The summed E-state index contributed by atoms with van der Waals surface area (Å²) >= 11 is 0. The zero-order valence-corrected chi connectivity index (χ0v) is 11.3. The number of nitrogens with two attached hydrogens (primary N) is 1. The van der Waals surface area contributed by atoms with Gasteiger partial charge in [-0.25, -0.2) is 0 Å². The molecule has 5 heteroatoms. The minimum Gasteiger partial charge on any atom is -0.484 e. The molecule has 0 spiro atoms. The molecule has 0 saturated carbocycles. The van der Waals surface area contributed by atoms with Crippen molar-refractivity contribution in [2.75, 3.05) is 0 Å². The molecule has 0 unspecified atom stereocenters. The van der Waals surface area contributed by atoms with E-state index in [0.29, 0.717) is 5.70 Å². The zero-order valence-electron chi connectivity index (χ0n) is 11.3. The van der Waals surface area contributed by atoms with Crippen LogP contribution in [0.25, 0.3) is 5.70 Å². The minimum atomic E-state index is -0.333. The van der Waals surface area contributed by atoms with Crippen molar-refractivity contribution in [1.29, 1.82) is 0 Å². The predicted molar refractivity (Wildman–Crippen MR) is 71.5 cm³/mol. The molecular weight excluding hydrogens is 242 g/mol. The first-order valence-corrected chi connectivity index (χ1v) is 6.20. The third-order valence-corrected chi connectivity index (χ3v) is 4.17. The van der Waals surface area contributed by atoms with Crippen molar-refractivity contribution in [3.05, 3.63) is 35.9 Å². The summed E-state index contributed by atoms with van der Waals surface area (Å²) in [4.78, 5) is 0. The number of hydrogen-bond donors (Lipinski definition) is 1. The van der Waals surface area contributed by atoms with Crippen molar-refractivity contribution in [1.82, 2.24) is 0 Å². The highest BCUT2D eigenvalue weighted by Crippen LogP contribution is 2.62. The van der Waals surface area contributed by atoms with E-state index < -0.39 is 0 Å². The fraction of sp³-hybridized carbons (Fsp3) is 0.429. The number of epoxide rings is 1. The molecule has 1 aromatic rings. The van der Waals surface area contributed by atoms with Crippen LogP contribution in [0.3, 0.4) is 0 Å². The van der Waals surface area contributed by atoms with Gasteiger partial charge in [0.1, 0.15) is 23.1 Å². The normalized spacial score (nSPS) is 30.4. The van der Waals surface area contributed by atoms with Gasteiger partial charge >= 0.3 is 0 Å². The Morgan fingerprint density at radius 1 is 1.37 bits per heavy atom. The topological polar surface area (TPSA) is 72.5 Å². The van der Waals surface area contributed by atoms with Gasteiger partial charge in [-0.3, -0.25) is 0 Å². The van der Waals surface area contributed by atoms with Crippen LogP contribution < -0.4 is 10.6 Å². The number of rotatable bonds is 2. The van der Waals surface area contributed by atoms with Gasteiger partial charge in [0, 0.05) is 11.1 Å². The Hall–Kier alpha value is -1.88. The Morgan fingerprint density at radius 2 is 2.11 bits per heavy atom. The van der Waals surface area contributed by atoms with Gasteiger partial charge in [-0.2, -0.15) is 0 Å². The van der Waals surface area contributed by atoms with Crippen LogP contribution in [0, 0.1) is 0 Å². The molecule has 0 aromatic heterocycles. The number of benzene rings is 1. The van der Waals surface area contributed by atoms with E-state index in [1.807, 2.05) is 32.0 Å². The van der Waals surface area contributed by atoms with E-state index in [0.717, 1.165) is 16.9 Å². The molecule has 0 radical (unpaired) electrons. The Bertz CT molecular complexity index is 594. The van der Waals surface area contributed by atoms with Crippen LogP contribution in [0.4, 0.5) is 0 Å². The van der Waals surface area contributed by atoms with Gasteiger partial charge in [-0.1, -0.05) is 11.8 Å². The van der Waals surface area contributed by atoms with E-state index in [9.17, 15) is 0 Å². The maximum absolute atomic E-state index is 6.04. The second-order valence-electron chi connectivity index (χ2n) is 5.63. The van der Waals surface area contributed by atoms with Gasteiger partial charge in [-0.05, 0) is 39.0 Å². The van der Waals surface area contributed by atoms with Crippen LogP contribution in [0.15, 0.2) is 35.1 Å². The highest BCUT2D eigenvalue weighted by molar-refractivity contribution is 5.65. The summed E-state index contributed by atoms with van der Waals surface area (Å²) < 4.78 is 11.9. The standard InChI is InChI=1S/C14H17N3O2/c1-8(16-17-15)9-5-6-11-10(7-9)12-14(4,19-12)13(2,3)18-11/h5-7,12H,1H2,2-4H3,(H2,15,16)/t12-,14-/m0/s1. The maximum atomic E-state index is 6.04. The quantitative estimate of drug-likeness (QED) is 0.384. The SMILES string of the molecule is C=C(N=NN)c1ccc2c(c1)[C@@H]1O[C@]1(C)C(C)(C)O2. The van der Waals surface area contributed by atoms with Crippen LogP contribution >= 0.6 is 0 Å². The van der Waals surface area contributed by atoms with Gasteiger partial charge in [0.2, 0.25) is 0 Å². The predicted octanol–water partition coefficient (Wildman–Crippen LogP) is 2.98. The van der Waals surface area contributed by atoms with Crippen LogP contribution in [0.5, 0.6) is 5.75 Å². The number of fused-ring (bicyclic) bond motifs is 3. The van der Waals surface area contributed by atoms with Gasteiger partial charge in [0.05, 0.1) is 5.70 Å². The Morgan fingerprint density at radius 3 is 2.79 bits per heavy atom. The van der Waals surface area contributed by atoms with E-state index >= 15 is 0 Å². The third-order valence-electron chi connectivity index (χ3n) is 4.17. The molecule has 19 heavy (non-hydrogen) atoms. The second kappa shape index (κ2) is 3.57. The smallest absolute Gasteiger partial charge is 0.136 e. The van der Waals surface area contributed by atoms with Crippen LogP contribution in [-0.4, -0.2) is 11.2 Å². The Labute approximate surface area is 112 Å². The molecule has 0 bridgehead atoms. The lowest BCUT2D eigenvalue weighted by Crippen LogP contribution is -2.45. The third kappa shape index (κ3) is 1.58. The molecule has 100 valence electrons. The maximum Gasteiger partial charge on any atom is 0.136 e. The first-order chi connectivity index (χ1) is 8.89. The lowest BCUT2D eigenvalue weighted by Gasteiger charge is -2.35. The van der Waals surface area contributed by atoms with Crippen molar-refractivity contribution in [3.63, 3.8) is 0 Å². The first kappa shape index (κ1) is 12.2. The summed E-state index contributed by atoms with van der Waals surface area (Å²) in [5.74, 6) is 5.90. The molecule has 2 aliphatic heterocycles. The molecule has 2 aliphatic rings. The van der Waals surface area contributed by atoms with Crippen LogP contribution in [0.2, 0.25) is 0 Å². The second-order valence-corrected chi connectivity index (χ2v) is 5.63. The first-order valence-electron chi connectivity index (χ1n) is 6.20. The van der Waals surface area contributed by atoms with Crippen molar-refractivity contribution in [3.8, 4) is 5.75 Å². The van der Waals surface area contributed by atoms with Crippen molar-refractivity contribution >= 4 is 5.70 Å². The Balaban J connectivity index is 2.03. The zero-order chi connectivity index (χ0) is 13.8. The lowest BCUT2D eigenvalue weighted by atomic mass is 9.83. The van der Waals surface area contributed by atoms with Gasteiger partial charge in [0.25, 0.3) is 0 Å². The number of nitrogens with zero attached hydrogens (tertiary/aromatic N) is 2.